The molecule has 0 spiro atoms. The van der Waals surface area contributed by atoms with Crippen LogP contribution in [0, 0.1) is 0 Å². The number of carbonyl (C=O) groups excluding carboxylic acids is 2. The minimum Gasteiger partial charge on any atom is -0.494 e. The predicted octanol–water partition coefficient (Wildman–Crippen LogP) is 3.24. The average molecular weight is 371 g/mol. The molecule has 2 amide bonds. The minimum absolute atomic E-state index is 0.374. The van der Waals surface area contributed by atoms with Gasteiger partial charge in [0.05, 0.1) is 18.0 Å². The van der Waals surface area contributed by atoms with Crippen LogP contribution in [0.1, 0.15) is 6.92 Å². The lowest BCUT2D eigenvalue weighted by Crippen LogP contribution is -2.39. The third-order valence-electron chi connectivity index (χ3n) is 4.26. The van der Waals surface area contributed by atoms with Gasteiger partial charge in [-0.1, -0.05) is 22.9 Å². The Balaban J connectivity index is 1.64. The lowest BCUT2D eigenvalue weighted by molar-refractivity contribution is -0.121. The number of halogens is 1. The van der Waals surface area contributed by atoms with Crippen molar-refractivity contribution in [2.24, 2.45) is 10.3 Å². The minimum atomic E-state index is -0.854. The van der Waals surface area contributed by atoms with Crippen molar-refractivity contribution >= 4 is 34.8 Å². The molecule has 2 heterocycles. The zero-order valence-corrected chi connectivity index (χ0v) is 14.6. The van der Waals surface area contributed by atoms with Gasteiger partial charge in [0.1, 0.15) is 5.75 Å². The van der Waals surface area contributed by atoms with Crippen molar-refractivity contribution in [3.63, 3.8) is 0 Å². The van der Waals surface area contributed by atoms with E-state index < -0.39 is 18.0 Å². The number of ether oxygens (including phenoxy) is 1. The fourth-order valence-electron chi connectivity index (χ4n) is 3.10. The molecule has 0 unspecified atom stereocenters. The first-order chi connectivity index (χ1) is 12.6. The lowest BCUT2D eigenvalue weighted by Gasteiger charge is -2.20. The second-order valence-corrected chi connectivity index (χ2v) is 6.29. The van der Waals surface area contributed by atoms with E-state index in [0.29, 0.717) is 23.0 Å². The molecule has 2 aromatic rings. The van der Waals surface area contributed by atoms with Crippen LogP contribution in [0.25, 0.3) is 0 Å². The van der Waals surface area contributed by atoms with Crippen LogP contribution in [0.5, 0.6) is 5.75 Å². The van der Waals surface area contributed by atoms with Gasteiger partial charge in [0.15, 0.2) is 12.1 Å². The van der Waals surface area contributed by atoms with Crippen LogP contribution in [0.15, 0.2) is 58.9 Å². The molecule has 26 heavy (non-hydrogen) atoms. The first-order valence-electron chi connectivity index (χ1n) is 8.16. The molecule has 2 aromatic carbocycles. The molecule has 7 nitrogen and oxygen atoms in total. The molecule has 0 radical (unpaired) electrons. The van der Waals surface area contributed by atoms with Gasteiger partial charge in [0, 0.05) is 5.02 Å². The Kier molecular flexibility index (Phi) is 4.08. The van der Waals surface area contributed by atoms with Gasteiger partial charge in [-0.3, -0.25) is 9.59 Å². The summed E-state index contributed by atoms with van der Waals surface area (Å²) in [5.74, 6) is -0.0566. The lowest BCUT2D eigenvalue weighted by atomic mass is 10.1. The Hall–Kier alpha value is -2.93. The summed E-state index contributed by atoms with van der Waals surface area (Å²) in [7, 11) is 0. The van der Waals surface area contributed by atoms with Crippen LogP contribution in [-0.4, -0.2) is 30.5 Å². The fraction of sp³-hybridized carbons (Fsp3) is 0.222. The molecule has 4 rings (SSSR count). The van der Waals surface area contributed by atoms with Crippen molar-refractivity contribution in [1.29, 1.82) is 0 Å². The van der Waals surface area contributed by atoms with Gasteiger partial charge in [-0.05, 0) is 49.4 Å². The van der Waals surface area contributed by atoms with Crippen molar-refractivity contribution in [2.75, 3.05) is 16.5 Å². The number of anilines is 2. The van der Waals surface area contributed by atoms with Crippen molar-refractivity contribution < 1.29 is 14.3 Å². The monoisotopic (exact) mass is 370 g/mol. The maximum atomic E-state index is 12.9. The Morgan fingerprint density at radius 3 is 2.54 bits per heavy atom. The van der Waals surface area contributed by atoms with E-state index >= 15 is 0 Å². The Labute approximate surface area is 154 Å². The molecule has 2 aliphatic heterocycles. The molecule has 1 saturated heterocycles. The maximum absolute atomic E-state index is 12.9. The largest absolute Gasteiger partial charge is 0.494 e. The van der Waals surface area contributed by atoms with Gasteiger partial charge in [-0.25, -0.2) is 9.91 Å². The highest BCUT2D eigenvalue weighted by molar-refractivity contribution is 6.31. The zero-order valence-electron chi connectivity index (χ0n) is 13.9. The van der Waals surface area contributed by atoms with Crippen molar-refractivity contribution in [2.45, 2.75) is 19.0 Å². The van der Waals surface area contributed by atoms with Gasteiger partial charge >= 0.3 is 0 Å². The number of benzene rings is 2. The highest BCUT2D eigenvalue weighted by Crippen LogP contribution is 2.35. The summed E-state index contributed by atoms with van der Waals surface area (Å²) in [6.07, 6.45) is 0. The fourth-order valence-corrected chi connectivity index (χ4v) is 3.29. The zero-order chi connectivity index (χ0) is 18.3. The molecule has 1 fully saturated rings. The average Bonchev–Trinajstić information content (AvgIpc) is 3.17. The molecule has 8 heteroatoms. The summed E-state index contributed by atoms with van der Waals surface area (Å²) in [6, 6.07) is 12.1. The van der Waals surface area contributed by atoms with Crippen molar-refractivity contribution in [3.8, 4) is 5.75 Å². The van der Waals surface area contributed by atoms with Crippen LogP contribution >= 0.6 is 11.6 Å². The van der Waals surface area contributed by atoms with E-state index in [2.05, 4.69) is 10.3 Å². The van der Waals surface area contributed by atoms with E-state index in [9.17, 15) is 9.59 Å². The molecule has 0 N–H and O–H groups in total. The molecular weight excluding hydrogens is 356 g/mol. The summed E-state index contributed by atoms with van der Waals surface area (Å²) in [5.41, 5.74) is 1.10. The van der Waals surface area contributed by atoms with E-state index in [-0.39, 0.29) is 5.91 Å². The molecule has 0 aromatic heterocycles. The molecule has 0 bridgehead atoms. The van der Waals surface area contributed by atoms with Gasteiger partial charge in [0.25, 0.3) is 11.8 Å². The summed E-state index contributed by atoms with van der Waals surface area (Å²) in [6.45, 7) is 2.47. The smallest absolute Gasteiger partial charge is 0.263 e. The van der Waals surface area contributed by atoms with E-state index in [1.165, 1.54) is 5.01 Å². The number of rotatable bonds is 4. The van der Waals surface area contributed by atoms with E-state index in [1.54, 1.807) is 48.5 Å². The Morgan fingerprint density at radius 2 is 1.85 bits per heavy atom. The molecule has 2 aliphatic rings. The molecular formula is C18H15ClN4O3. The third-order valence-corrected chi connectivity index (χ3v) is 4.50. The molecule has 132 valence electrons. The Morgan fingerprint density at radius 1 is 1.08 bits per heavy atom. The van der Waals surface area contributed by atoms with Gasteiger partial charge in [-0.15, -0.1) is 0 Å². The van der Waals surface area contributed by atoms with Crippen LogP contribution < -0.4 is 14.6 Å². The summed E-state index contributed by atoms with van der Waals surface area (Å²) in [4.78, 5) is 26.8. The predicted molar refractivity (Wildman–Crippen MR) is 96.5 cm³/mol. The van der Waals surface area contributed by atoms with Crippen molar-refractivity contribution in [1.82, 2.24) is 0 Å². The van der Waals surface area contributed by atoms with Crippen LogP contribution in [0.2, 0.25) is 5.02 Å². The highest BCUT2D eigenvalue weighted by atomic mass is 35.5. The maximum Gasteiger partial charge on any atom is 0.263 e. The van der Waals surface area contributed by atoms with Gasteiger partial charge in [-0.2, -0.15) is 5.11 Å². The van der Waals surface area contributed by atoms with Crippen molar-refractivity contribution in [3.05, 3.63) is 53.6 Å². The summed E-state index contributed by atoms with van der Waals surface area (Å²) < 4.78 is 5.42. The quantitative estimate of drug-likeness (QED) is 0.774. The number of hydrogen-bond donors (Lipinski definition) is 0. The van der Waals surface area contributed by atoms with E-state index in [0.717, 1.165) is 10.6 Å². The summed E-state index contributed by atoms with van der Waals surface area (Å²) >= 11 is 5.99. The van der Waals surface area contributed by atoms with Crippen LogP contribution in [-0.2, 0) is 9.59 Å². The second-order valence-electron chi connectivity index (χ2n) is 5.86. The Bertz CT molecular complexity index is 900. The number of nitrogens with zero attached hydrogens (tertiary/aromatic N) is 4. The number of carbonyl (C=O) groups is 2. The van der Waals surface area contributed by atoms with Gasteiger partial charge in [0.2, 0.25) is 0 Å². The summed E-state index contributed by atoms with van der Waals surface area (Å²) in [5, 5.41) is 9.98. The van der Waals surface area contributed by atoms with Gasteiger partial charge < -0.3 is 4.74 Å². The standard InChI is InChI=1S/C18H15ClN4O3/c1-2-26-14-8-6-12(7-9-14)23-16-15(20-21-23)17(24)22(18(16)25)13-5-3-4-11(19)10-13/h3-10,15-16H,2H2,1H3/t15-,16-/m1/s1. The van der Waals surface area contributed by atoms with Crippen LogP contribution in [0.4, 0.5) is 11.4 Å². The number of fused-ring (bicyclic) bond motifs is 1. The number of imide groups is 1. The first kappa shape index (κ1) is 16.5. The topological polar surface area (TPSA) is 74.6 Å². The van der Waals surface area contributed by atoms with Crippen LogP contribution in [0.3, 0.4) is 0 Å². The third kappa shape index (κ3) is 2.61. The number of hydrogen-bond acceptors (Lipinski definition) is 6. The normalized spacial score (nSPS) is 21.5. The molecule has 0 saturated carbocycles. The SMILES string of the molecule is CCOc1ccc(N2N=N[C@H]3C(=O)N(c4cccc(Cl)c4)C(=O)[C@@H]32)cc1. The van der Waals surface area contributed by atoms with E-state index in [4.69, 9.17) is 16.3 Å². The molecule has 0 aliphatic carbocycles. The number of amides is 2. The highest BCUT2D eigenvalue weighted by Gasteiger charge is 2.55. The first-order valence-corrected chi connectivity index (χ1v) is 8.54. The van der Waals surface area contributed by atoms with E-state index in [1.807, 2.05) is 6.92 Å². The second kappa shape index (κ2) is 6.42. The molecule has 2 atom stereocenters.